The standard InChI is InChI=1S/C21H27N7O/c1-4-5-18-14-19(23-21-24-22-15-28(18)21)26-10-12-27(13-11-26)20(29)16-6-8-17(9-7-16)25(2)3/h6-9,14-15H,4-5,10-13H2,1-3H3. The van der Waals surface area contributed by atoms with Gasteiger partial charge in [-0.3, -0.25) is 9.20 Å². The molecule has 8 heteroatoms. The third kappa shape index (κ3) is 3.87. The van der Waals surface area contributed by atoms with Crippen molar-refractivity contribution in [3.63, 3.8) is 0 Å². The molecule has 8 nitrogen and oxygen atoms in total. The van der Waals surface area contributed by atoms with Gasteiger partial charge in [-0.15, -0.1) is 10.2 Å². The second kappa shape index (κ2) is 8.06. The van der Waals surface area contributed by atoms with Gasteiger partial charge >= 0.3 is 0 Å². The van der Waals surface area contributed by atoms with Crippen molar-refractivity contribution in [3.8, 4) is 0 Å². The Kier molecular flexibility index (Phi) is 5.33. The van der Waals surface area contributed by atoms with Crippen molar-refractivity contribution >= 4 is 23.2 Å². The lowest BCUT2D eigenvalue weighted by Gasteiger charge is -2.35. The van der Waals surface area contributed by atoms with Gasteiger partial charge in [0, 0.05) is 63.3 Å². The predicted octanol–water partition coefficient (Wildman–Crippen LogP) is 2.11. The van der Waals surface area contributed by atoms with Crippen LogP contribution in [0, 0.1) is 0 Å². The SMILES string of the molecule is CCCc1cc(N2CCN(C(=O)c3ccc(N(C)C)cc3)CC2)nc2nncn12. The summed E-state index contributed by atoms with van der Waals surface area (Å²) in [6, 6.07) is 9.90. The molecule has 3 aromatic rings. The van der Waals surface area contributed by atoms with Gasteiger partial charge in [0.2, 0.25) is 0 Å². The Morgan fingerprint density at radius 2 is 1.83 bits per heavy atom. The Morgan fingerprint density at radius 3 is 2.48 bits per heavy atom. The Balaban J connectivity index is 1.45. The van der Waals surface area contributed by atoms with Crippen molar-refractivity contribution in [3.05, 3.63) is 47.9 Å². The maximum absolute atomic E-state index is 12.9. The minimum atomic E-state index is 0.0856. The average Bonchev–Trinajstić information content (AvgIpc) is 3.23. The molecular weight excluding hydrogens is 366 g/mol. The third-order valence-corrected chi connectivity index (χ3v) is 5.38. The normalized spacial score (nSPS) is 14.4. The number of anilines is 2. The van der Waals surface area contributed by atoms with Crippen LogP contribution in [0.5, 0.6) is 0 Å². The van der Waals surface area contributed by atoms with Crippen molar-refractivity contribution in [1.82, 2.24) is 24.5 Å². The minimum absolute atomic E-state index is 0.0856. The van der Waals surface area contributed by atoms with E-state index < -0.39 is 0 Å². The molecule has 1 amide bonds. The van der Waals surface area contributed by atoms with E-state index >= 15 is 0 Å². The number of carbonyl (C=O) groups excluding carboxylic acids is 1. The quantitative estimate of drug-likeness (QED) is 0.661. The van der Waals surface area contributed by atoms with E-state index in [0.717, 1.165) is 48.7 Å². The molecule has 29 heavy (non-hydrogen) atoms. The van der Waals surface area contributed by atoms with Crippen LogP contribution in [0.15, 0.2) is 36.7 Å². The van der Waals surface area contributed by atoms with E-state index in [1.807, 2.05) is 52.6 Å². The Bertz CT molecular complexity index is 988. The van der Waals surface area contributed by atoms with Gasteiger partial charge in [-0.1, -0.05) is 13.3 Å². The molecule has 4 rings (SSSR count). The van der Waals surface area contributed by atoms with Crippen LogP contribution < -0.4 is 9.80 Å². The summed E-state index contributed by atoms with van der Waals surface area (Å²) in [6.45, 7) is 5.02. The molecule has 1 fully saturated rings. The lowest BCUT2D eigenvalue weighted by atomic mass is 10.1. The molecule has 0 saturated carbocycles. The minimum Gasteiger partial charge on any atom is -0.378 e. The molecular formula is C21H27N7O. The molecule has 0 N–H and O–H groups in total. The first-order valence-electron chi connectivity index (χ1n) is 10.1. The lowest BCUT2D eigenvalue weighted by Crippen LogP contribution is -2.49. The number of hydrogen-bond donors (Lipinski definition) is 0. The number of amides is 1. The number of hydrogen-bond acceptors (Lipinski definition) is 6. The van der Waals surface area contributed by atoms with Gasteiger partial charge in [-0.05, 0) is 30.7 Å². The number of benzene rings is 1. The Labute approximate surface area is 170 Å². The highest BCUT2D eigenvalue weighted by molar-refractivity contribution is 5.94. The number of piperazine rings is 1. The fourth-order valence-corrected chi connectivity index (χ4v) is 3.70. The summed E-state index contributed by atoms with van der Waals surface area (Å²) in [7, 11) is 3.99. The number of fused-ring (bicyclic) bond motifs is 1. The van der Waals surface area contributed by atoms with Gasteiger partial charge < -0.3 is 14.7 Å². The number of aromatic nitrogens is 4. The maximum Gasteiger partial charge on any atom is 0.256 e. The van der Waals surface area contributed by atoms with Crippen molar-refractivity contribution < 1.29 is 4.79 Å². The summed E-state index contributed by atoms with van der Waals surface area (Å²) in [5.41, 5.74) is 2.98. The number of nitrogens with zero attached hydrogens (tertiary/aromatic N) is 7. The van der Waals surface area contributed by atoms with Crippen LogP contribution in [0.3, 0.4) is 0 Å². The van der Waals surface area contributed by atoms with E-state index in [2.05, 4.69) is 33.1 Å². The van der Waals surface area contributed by atoms with E-state index in [4.69, 9.17) is 0 Å². The van der Waals surface area contributed by atoms with Crippen molar-refractivity contribution in [2.75, 3.05) is 50.1 Å². The highest BCUT2D eigenvalue weighted by Crippen LogP contribution is 2.20. The van der Waals surface area contributed by atoms with Crippen LogP contribution in [0.1, 0.15) is 29.4 Å². The number of rotatable bonds is 5. The van der Waals surface area contributed by atoms with E-state index in [0.29, 0.717) is 18.9 Å². The van der Waals surface area contributed by atoms with Crippen LogP contribution >= 0.6 is 0 Å². The summed E-state index contributed by atoms with van der Waals surface area (Å²) in [6.07, 6.45) is 3.71. The summed E-state index contributed by atoms with van der Waals surface area (Å²) >= 11 is 0. The second-order valence-corrected chi connectivity index (χ2v) is 7.58. The van der Waals surface area contributed by atoms with Gasteiger partial charge in [-0.25, -0.2) is 0 Å². The number of aryl methyl sites for hydroxylation is 1. The zero-order valence-corrected chi connectivity index (χ0v) is 17.2. The fraction of sp³-hybridized carbons (Fsp3) is 0.429. The summed E-state index contributed by atoms with van der Waals surface area (Å²) < 4.78 is 1.95. The molecule has 3 heterocycles. The first-order valence-corrected chi connectivity index (χ1v) is 10.1. The highest BCUT2D eigenvalue weighted by atomic mass is 16.2. The topological polar surface area (TPSA) is 69.9 Å². The molecule has 0 bridgehead atoms. The van der Waals surface area contributed by atoms with E-state index in [-0.39, 0.29) is 5.91 Å². The zero-order chi connectivity index (χ0) is 20.4. The van der Waals surface area contributed by atoms with Gasteiger partial charge in [0.15, 0.2) is 0 Å². The smallest absolute Gasteiger partial charge is 0.256 e. The van der Waals surface area contributed by atoms with Crippen molar-refractivity contribution in [1.29, 1.82) is 0 Å². The summed E-state index contributed by atoms with van der Waals surface area (Å²) in [5, 5.41) is 8.12. The first-order chi connectivity index (χ1) is 14.1. The molecule has 2 aromatic heterocycles. The molecule has 1 aromatic carbocycles. The number of carbonyl (C=O) groups is 1. The molecule has 152 valence electrons. The summed E-state index contributed by atoms with van der Waals surface area (Å²) in [5.74, 6) is 1.63. The molecule has 1 aliphatic heterocycles. The van der Waals surface area contributed by atoms with Crippen molar-refractivity contribution in [2.45, 2.75) is 19.8 Å². The van der Waals surface area contributed by atoms with E-state index in [9.17, 15) is 4.79 Å². The van der Waals surface area contributed by atoms with Crippen LogP contribution in [0.25, 0.3) is 5.78 Å². The van der Waals surface area contributed by atoms with Crippen molar-refractivity contribution in [2.24, 2.45) is 0 Å². The van der Waals surface area contributed by atoms with Gasteiger partial charge in [0.05, 0.1) is 0 Å². The first kappa shape index (κ1) is 19.2. The van der Waals surface area contributed by atoms with Gasteiger partial charge in [0.1, 0.15) is 12.1 Å². The van der Waals surface area contributed by atoms with Gasteiger partial charge in [0.25, 0.3) is 11.7 Å². The molecule has 0 atom stereocenters. The van der Waals surface area contributed by atoms with Crippen LogP contribution in [0.2, 0.25) is 0 Å². The second-order valence-electron chi connectivity index (χ2n) is 7.58. The Morgan fingerprint density at radius 1 is 1.10 bits per heavy atom. The zero-order valence-electron chi connectivity index (χ0n) is 17.2. The lowest BCUT2D eigenvalue weighted by molar-refractivity contribution is 0.0746. The maximum atomic E-state index is 12.9. The molecule has 0 radical (unpaired) electrons. The van der Waals surface area contributed by atoms with Crippen LogP contribution in [0.4, 0.5) is 11.5 Å². The van der Waals surface area contributed by atoms with Crippen LogP contribution in [-0.2, 0) is 6.42 Å². The van der Waals surface area contributed by atoms with Crippen LogP contribution in [-0.4, -0.2) is 70.7 Å². The average molecular weight is 393 g/mol. The molecule has 0 unspecified atom stereocenters. The van der Waals surface area contributed by atoms with E-state index in [1.165, 1.54) is 0 Å². The predicted molar refractivity (Wildman–Crippen MR) is 114 cm³/mol. The molecule has 0 spiro atoms. The largest absolute Gasteiger partial charge is 0.378 e. The molecule has 0 aliphatic carbocycles. The highest BCUT2D eigenvalue weighted by Gasteiger charge is 2.23. The third-order valence-electron chi connectivity index (χ3n) is 5.38. The van der Waals surface area contributed by atoms with E-state index in [1.54, 1.807) is 6.33 Å². The molecule has 1 aliphatic rings. The Hall–Kier alpha value is -3.16. The fourth-order valence-electron chi connectivity index (χ4n) is 3.70. The van der Waals surface area contributed by atoms with Gasteiger partial charge in [-0.2, -0.15) is 4.98 Å². The molecule has 1 saturated heterocycles. The summed E-state index contributed by atoms with van der Waals surface area (Å²) in [4.78, 5) is 23.7. The monoisotopic (exact) mass is 393 g/mol.